The van der Waals surface area contributed by atoms with Crippen LogP contribution < -0.4 is 5.73 Å². The highest BCUT2D eigenvalue weighted by Gasteiger charge is 2.08. The van der Waals surface area contributed by atoms with Crippen LogP contribution in [-0.4, -0.2) is 24.2 Å². The topological polar surface area (TPSA) is 48.1 Å². The van der Waals surface area contributed by atoms with Crippen LogP contribution in [0.25, 0.3) is 0 Å². The number of hydrogen-bond donors (Lipinski definition) is 1. The summed E-state index contributed by atoms with van der Waals surface area (Å²) in [4.78, 5) is 4.41. The summed E-state index contributed by atoms with van der Waals surface area (Å²) < 4.78 is 5.19. The van der Waals surface area contributed by atoms with Gasteiger partial charge in [0.2, 0.25) is 0 Å². The molecule has 0 aliphatic heterocycles. The van der Waals surface area contributed by atoms with Gasteiger partial charge in [-0.05, 0) is 26.7 Å². The van der Waals surface area contributed by atoms with Crippen LogP contribution in [0.1, 0.15) is 30.5 Å². The van der Waals surface area contributed by atoms with Crippen molar-refractivity contribution >= 4 is 11.3 Å². The number of thiazole rings is 1. The zero-order valence-electron chi connectivity index (χ0n) is 9.69. The van der Waals surface area contributed by atoms with E-state index in [1.165, 1.54) is 0 Å². The number of rotatable bonds is 6. The van der Waals surface area contributed by atoms with Crippen molar-refractivity contribution in [1.82, 2.24) is 4.98 Å². The van der Waals surface area contributed by atoms with Gasteiger partial charge < -0.3 is 10.5 Å². The molecule has 2 atom stereocenters. The monoisotopic (exact) mass is 228 g/mol. The molecule has 0 bridgehead atoms. The Labute approximate surface area is 95.7 Å². The van der Waals surface area contributed by atoms with E-state index in [0.717, 1.165) is 30.0 Å². The molecule has 4 heteroatoms. The van der Waals surface area contributed by atoms with Gasteiger partial charge in [-0.1, -0.05) is 0 Å². The van der Waals surface area contributed by atoms with E-state index in [1.807, 2.05) is 6.92 Å². The zero-order chi connectivity index (χ0) is 11.3. The summed E-state index contributed by atoms with van der Waals surface area (Å²) in [5.74, 6) is 0. The maximum atomic E-state index is 6.03. The fourth-order valence-corrected chi connectivity index (χ4v) is 2.06. The molecule has 0 spiro atoms. The lowest BCUT2D eigenvalue weighted by Gasteiger charge is -2.13. The average Bonchev–Trinajstić information content (AvgIpc) is 2.60. The van der Waals surface area contributed by atoms with Gasteiger partial charge in [-0.3, -0.25) is 0 Å². The van der Waals surface area contributed by atoms with E-state index in [1.54, 1.807) is 18.4 Å². The second kappa shape index (κ2) is 6.20. The number of nitrogens with zero attached hydrogens (tertiary/aromatic N) is 1. The molecule has 0 saturated heterocycles. The average molecular weight is 228 g/mol. The molecule has 1 aromatic heterocycles. The Kier molecular flexibility index (Phi) is 5.22. The summed E-state index contributed by atoms with van der Waals surface area (Å²) in [5.41, 5.74) is 7.15. The third-order valence-corrected chi connectivity index (χ3v) is 3.31. The first kappa shape index (κ1) is 12.6. The van der Waals surface area contributed by atoms with E-state index in [0.29, 0.717) is 6.10 Å². The van der Waals surface area contributed by atoms with Gasteiger partial charge in [-0.15, -0.1) is 11.3 Å². The molecular formula is C11H20N2OS. The van der Waals surface area contributed by atoms with Crippen molar-refractivity contribution in [3.63, 3.8) is 0 Å². The molecule has 2 unspecified atom stereocenters. The number of aryl methyl sites for hydroxylation is 1. The Balaban J connectivity index is 2.27. The molecule has 15 heavy (non-hydrogen) atoms. The smallest absolute Gasteiger partial charge is 0.0897 e. The second-order valence-electron chi connectivity index (χ2n) is 3.95. The Bertz CT molecular complexity index is 288. The van der Waals surface area contributed by atoms with Gasteiger partial charge in [-0.25, -0.2) is 4.98 Å². The lowest BCUT2D eigenvalue weighted by atomic mass is 10.1. The SMILES string of the molecule is COC(C)CCC(N)Cc1csc(C)n1. The van der Waals surface area contributed by atoms with E-state index in [-0.39, 0.29) is 6.04 Å². The normalized spacial score (nSPS) is 15.2. The summed E-state index contributed by atoms with van der Waals surface area (Å²) in [5, 5.41) is 3.21. The fraction of sp³-hybridized carbons (Fsp3) is 0.727. The van der Waals surface area contributed by atoms with Crippen molar-refractivity contribution in [1.29, 1.82) is 0 Å². The summed E-state index contributed by atoms with van der Waals surface area (Å²) in [6, 6.07) is 0.198. The van der Waals surface area contributed by atoms with Crippen LogP contribution >= 0.6 is 11.3 Å². The second-order valence-corrected chi connectivity index (χ2v) is 5.01. The molecule has 0 aromatic carbocycles. The predicted molar refractivity (Wildman–Crippen MR) is 64.2 cm³/mol. The van der Waals surface area contributed by atoms with Gasteiger partial charge >= 0.3 is 0 Å². The minimum atomic E-state index is 0.198. The van der Waals surface area contributed by atoms with Crippen LogP contribution in [0, 0.1) is 6.92 Å². The predicted octanol–water partition coefficient (Wildman–Crippen LogP) is 2.14. The molecule has 0 aliphatic rings. The van der Waals surface area contributed by atoms with E-state index in [9.17, 15) is 0 Å². The molecule has 1 rings (SSSR count). The van der Waals surface area contributed by atoms with E-state index in [4.69, 9.17) is 10.5 Å². The molecule has 3 nitrogen and oxygen atoms in total. The van der Waals surface area contributed by atoms with Crippen LogP contribution in [0.2, 0.25) is 0 Å². The molecule has 0 amide bonds. The van der Waals surface area contributed by atoms with Crippen molar-refractivity contribution in [2.45, 2.75) is 45.3 Å². The van der Waals surface area contributed by atoms with Crippen LogP contribution in [0.3, 0.4) is 0 Å². The highest BCUT2D eigenvalue weighted by atomic mass is 32.1. The fourth-order valence-electron chi connectivity index (χ4n) is 1.44. The first-order valence-corrected chi connectivity index (χ1v) is 6.19. The molecule has 0 fully saturated rings. The third-order valence-electron chi connectivity index (χ3n) is 2.48. The van der Waals surface area contributed by atoms with E-state index < -0.39 is 0 Å². The van der Waals surface area contributed by atoms with Crippen molar-refractivity contribution in [2.24, 2.45) is 5.73 Å². The molecule has 0 radical (unpaired) electrons. The maximum absolute atomic E-state index is 6.03. The summed E-state index contributed by atoms with van der Waals surface area (Å²) >= 11 is 1.68. The van der Waals surface area contributed by atoms with Crippen LogP contribution in [0.4, 0.5) is 0 Å². The highest BCUT2D eigenvalue weighted by molar-refractivity contribution is 7.09. The van der Waals surface area contributed by atoms with Crippen molar-refractivity contribution in [3.8, 4) is 0 Å². The van der Waals surface area contributed by atoms with Crippen molar-refractivity contribution in [3.05, 3.63) is 16.1 Å². The zero-order valence-corrected chi connectivity index (χ0v) is 10.5. The molecule has 86 valence electrons. The van der Waals surface area contributed by atoms with Crippen LogP contribution in [-0.2, 0) is 11.2 Å². The third kappa shape index (κ3) is 4.73. The van der Waals surface area contributed by atoms with Crippen molar-refractivity contribution in [2.75, 3.05) is 7.11 Å². The summed E-state index contributed by atoms with van der Waals surface area (Å²) in [6.07, 6.45) is 3.18. The van der Waals surface area contributed by atoms with Gasteiger partial charge in [0.25, 0.3) is 0 Å². The van der Waals surface area contributed by atoms with Gasteiger partial charge in [0, 0.05) is 25.0 Å². The summed E-state index contributed by atoms with van der Waals surface area (Å²) in [7, 11) is 1.74. The van der Waals surface area contributed by atoms with Gasteiger partial charge in [0.15, 0.2) is 0 Å². The molecule has 0 aliphatic carbocycles. The van der Waals surface area contributed by atoms with E-state index >= 15 is 0 Å². The Hall–Kier alpha value is -0.450. The number of nitrogens with two attached hydrogens (primary N) is 1. The largest absolute Gasteiger partial charge is 0.382 e. The molecule has 0 saturated carbocycles. The Morgan fingerprint density at radius 2 is 2.27 bits per heavy atom. The number of ether oxygens (including phenoxy) is 1. The molecule has 1 aromatic rings. The van der Waals surface area contributed by atoms with Gasteiger partial charge in [-0.2, -0.15) is 0 Å². The standard InChI is InChI=1S/C11H20N2OS/c1-8(14-3)4-5-10(12)6-11-7-15-9(2)13-11/h7-8,10H,4-6,12H2,1-3H3. The van der Waals surface area contributed by atoms with Crippen LogP contribution in [0.5, 0.6) is 0 Å². The maximum Gasteiger partial charge on any atom is 0.0897 e. The van der Waals surface area contributed by atoms with Crippen molar-refractivity contribution < 1.29 is 4.74 Å². The lowest BCUT2D eigenvalue weighted by molar-refractivity contribution is 0.107. The first-order valence-electron chi connectivity index (χ1n) is 5.31. The molecular weight excluding hydrogens is 208 g/mol. The minimum Gasteiger partial charge on any atom is -0.382 e. The number of methoxy groups -OCH3 is 1. The van der Waals surface area contributed by atoms with E-state index in [2.05, 4.69) is 17.3 Å². The lowest BCUT2D eigenvalue weighted by Crippen LogP contribution is -2.24. The van der Waals surface area contributed by atoms with Crippen LogP contribution in [0.15, 0.2) is 5.38 Å². The quantitative estimate of drug-likeness (QED) is 0.811. The first-order chi connectivity index (χ1) is 7.11. The Morgan fingerprint density at radius 1 is 1.53 bits per heavy atom. The number of aromatic nitrogens is 1. The summed E-state index contributed by atoms with van der Waals surface area (Å²) in [6.45, 7) is 4.09. The molecule has 1 heterocycles. The number of hydrogen-bond acceptors (Lipinski definition) is 4. The van der Waals surface area contributed by atoms with Gasteiger partial charge in [0.05, 0.1) is 16.8 Å². The Morgan fingerprint density at radius 3 is 2.80 bits per heavy atom. The highest BCUT2D eigenvalue weighted by Crippen LogP contribution is 2.12. The molecule has 2 N–H and O–H groups in total. The van der Waals surface area contributed by atoms with Gasteiger partial charge in [0.1, 0.15) is 0 Å². The minimum absolute atomic E-state index is 0.198.